The van der Waals surface area contributed by atoms with Gasteiger partial charge in [0.05, 0.1) is 16.1 Å². The molecule has 1 aromatic rings. The summed E-state index contributed by atoms with van der Waals surface area (Å²) < 4.78 is 10.6. The number of methoxy groups -OCH3 is 1. The molecule has 5 nitrogen and oxygen atoms in total. The normalized spacial score (nSPS) is 26.3. The zero-order chi connectivity index (χ0) is 16.8. The van der Waals surface area contributed by atoms with Crippen molar-refractivity contribution in [2.75, 3.05) is 7.11 Å². The van der Waals surface area contributed by atoms with E-state index in [9.17, 15) is 9.59 Å². The van der Waals surface area contributed by atoms with Gasteiger partial charge < -0.3 is 9.47 Å². The Kier molecular flexibility index (Phi) is 4.12. The molecule has 0 amide bonds. The summed E-state index contributed by atoms with van der Waals surface area (Å²) in [5, 5.41) is 0. The molecule has 0 fully saturated rings. The largest absolute Gasteiger partial charge is 0.425 e. The van der Waals surface area contributed by atoms with E-state index < -0.39 is 16.6 Å². The second kappa shape index (κ2) is 5.81. The molecule has 120 valence electrons. The van der Waals surface area contributed by atoms with E-state index >= 15 is 0 Å². The van der Waals surface area contributed by atoms with Crippen molar-refractivity contribution in [3.63, 3.8) is 0 Å². The number of halogens is 1. The topological polar surface area (TPSA) is 65.5 Å². The molecule has 0 spiro atoms. The Morgan fingerprint density at radius 2 is 2.22 bits per heavy atom. The number of hydrogen-bond donors (Lipinski definition) is 0. The Hall–Kier alpha value is -1.57. The quantitative estimate of drug-likeness (QED) is 0.447. The lowest BCUT2D eigenvalue weighted by molar-refractivity contribution is -0.182. The van der Waals surface area contributed by atoms with Crippen molar-refractivity contribution in [2.45, 2.75) is 24.5 Å². The monoisotopic (exact) mass is 395 g/mol. The Morgan fingerprint density at radius 3 is 2.78 bits per heavy atom. The molecule has 0 N–H and O–H groups in total. The molecule has 0 saturated heterocycles. The molecule has 0 aliphatic heterocycles. The van der Waals surface area contributed by atoms with Crippen molar-refractivity contribution >= 4 is 44.6 Å². The van der Waals surface area contributed by atoms with Gasteiger partial charge in [0.2, 0.25) is 0 Å². The summed E-state index contributed by atoms with van der Waals surface area (Å²) in [4.78, 5) is 28.8. The minimum absolute atomic E-state index is 0.0827. The van der Waals surface area contributed by atoms with Crippen molar-refractivity contribution < 1.29 is 19.1 Å². The van der Waals surface area contributed by atoms with Crippen LogP contribution in [0, 0.1) is 6.92 Å². The Labute approximate surface area is 145 Å². The van der Waals surface area contributed by atoms with Crippen LogP contribution in [-0.2, 0) is 19.1 Å². The maximum absolute atomic E-state index is 12.6. The fraction of sp³-hybridized carbons (Fsp3) is 0.312. The van der Waals surface area contributed by atoms with Crippen LogP contribution in [0.1, 0.15) is 17.5 Å². The minimum atomic E-state index is -1.34. The number of aryl methyl sites for hydroxylation is 1. The molecule has 0 aromatic carbocycles. The number of ketones is 1. The average molecular weight is 396 g/mol. The summed E-state index contributed by atoms with van der Waals surface area (Å²) in [6, 6.07) is 0. The van der Waals surface area contributed by atoms with E-state index in [0.717, 1.165) is 21.7 Å². The van der Waals surface area contributed by atoms with Crippen molar-refractivity contribution in [3.05, 3.63) is 45.5 Å². The van der Waals surface area contributed by atoms with Gasteiger partial charge in [0.25, 0.3) is 5.79 Å². The number of ether oxygens (including phenoxy) is 2. The van der Waals surface area contributed by atoms with Gasteiger partial charge in [-0.15, -0.1) is 11.3 Å². The number of fused-ring (bicyclic) bond motifs is 1. The third kappa shape index (κ3) is 2.62. The number of hydrogen-bond acceptors (Lipinski definition) is 6. The first-order valence-electron chi connectivity index (χ1n) is 6.88. The molecule has 2 atom stereocenters. The Bertz CT molecular complexity index is 792. The van der Waals surface area contributed by atoms with Crippen molar-refractivity contribution in [1.82, 2.24) is 4.98 Å². The van der Waals surface area contributed by atoms with Crippen LogP contribution in [0.15, 0.2) is 34.9 Å². The predicted octanol–water partition coefficient (Wildman–Crippen LogP) is 2.95. The van der Waals surface area contributed by atoms with Gasteiger partial charge in [-0.1, -0.05) is 22.0 Å². The third-order valence-electron chi connectivity index (χ3n) is 3.77. The fourth-order valence-corrected chi connectivity index (χ4v) is 4.48. The van der Waals surface area contributed by atoms with E-state index in [1.165, 1.54) is 25.4 Å². The lowest BCUT2D eigenvalue weighted by atomic mass is 9.96. The SMILES string of the molecule is COC1(OC(C)=O)C=CC2=C(c3scnc3C)C(Br)C(=O)C2=C1. The van der Waals surface area contributed by atoms with Crippen LogP contribution >= 0.6 is 27.3 Å². The molecule has 3 rings (SSSR count). The van der Waals surface area contributed by atoms with Crippen LogP contribution in [-0.4, -0.2) is 34.5 Å². The Balaban J connectivity index is 2.14. The van der Waals surface area contributed by atoms with Gasteiger partial charge in [0.15, 0.2) is 5.78 Å². The fourth-order valence-electron chi connectivity index (χ4n) is 2.71. The molecular weight excluding hydrogens is 382 g/mol. The standard InChI is InChI=1S/C16H14BrNO4S/c1-8-15(23-7-18-8)12-10-4-5-16(21-3,22-9(2)19)6-11(10)14(20)13(12)17/h4-7,13H,1-3H3. The summed E-state index contributed by atoms with van der Waals surface area (Å²) in [6.45, 7) is 3.21. The summed E-state index contributed by atoms with van der Waals surface area (Å²) in [7, 11) is 1.43. The molecule has 23 heavy (non-hydrogen) atoms. The lowest BCUT2D eigenvalue weighted by Crippen LogP contribution is -2.34. The summed E-state index contributed by atoms with van der Waals surface area (Å²) in [5.74, 6) is -1.91. The molecule has 2 unspecified atom stereocenters. The van der Waals surface area contributed by atoms with Crippen LogP contribution < -0.4 is 0 Å². The van der Waals surface area contributed by atoms with Gasteiger partial charge in [0, 0.05) is 31.3 Å². The van der Waals surface area contributed by atoms with E-state index in [1.54, 1.807) is 23.7 Å². The maximum Gasteiger partial charge on any atom is 0.305 e. The number of nitrogens with zero attached hydrogens (tertiary/aromatic N) is 1. The molecule has 2 aliphatic rings. The first-order valence-corrected chi connectivity index (χ1v) is 8.68. The molecular formula is C16H14BrNO4S. The zero-order valence-electron chi connectivity index (χ0n) is 12.8. The average Bonchev–Trinajstić information content (AvgIpc) is 3.02. The number of thiazole rings is 1. The number of alkyl halides is 1. The number of rotatable bonds is 3. The number of esters is 1. The minimum Gasteiger partial charge on any atom is -0.425 e. The van der Waals surface area contributed by atoms with Gasteiger partial charge in [-0.3, -0.25) is 9.59 Å². The Morgan fingerprint density at radius 1 is 1.48 bits per heavy atom. The van der Waals surface area contributed by atoms with E-state index in [4.69, 9.17) is 9.47 Å². The highest BCUT2D eigenvalue weighted by Gasteiger charge is 2.42. The van der Waals surface area contributed by atoms with Gasteiger partial charge in [-0.2, -0.15) is 0 Å². The zero-order valence-corrected chi connectivity index (χ0v) is 15.2. The first kappa shape index (κ1) is 16.3. The molecule has 1 aromatic heterocycles. The van der Waals surface area contributed by atoms with Crippen LogP contribution in [0.5, 0.6) is 0 Å². The lowest BCUT2D eigenvalue weighted by Gasteiger charge is -2.28. The van der Waals surface area contributed by atoms with Crippen LogP contribution in [0.25, 0.3) is 5.57 Å². The van der Waals surface area contributed by atoms with Crippen molar-refractivity contribution in [2.24, 2.45) is 0 Å². The van der Waals surface area contributed by atoms with Gasteiger partial charge in [-0.05, 0) is 18.6 Å². The second-order valence-electron chi connectivity index (χ2n) is 5.23. The second-order valence-corrected chi connectivity index (χ2v) is 7.00. The van der Waals surface area contributed by atoms with Gasteiger partial charge >= 0.3 is 5.97 Å². The molecule has 7 heteroatoms. The number of carbonyl (C=O) groups is 2. The number of allylic oxidation sites excluding steroid dienone is 4. The molecule has 2 aliphatic carbocycles. The van der Waals surface area contributed by atoms with Crippen molar-refractivity contribution in [3.8, 4) is 0 Å². The van der Waals surface area contributed by atoms with Crippen LogP contribution in [0.2, 0.25) is 0 Å². The van der Waals surface area contributed by atoms with Gasteiger partial charge in [-0.25, -0.2) is 4.98 Å². The van der Waals surface area contributed by atoms with E-state index in [-0.39, 0.29) is 5.78 Å². The van der Waals surface area contributed by atoms with Crippen molar-refractivity contribution in [1.29, 1.82) is 0 Å². The first-order chi connectivity index (χ1) is 10.9. The molecule has 1 heterocycles. The number of aromatic nitrogens is 1. The van der Waals surface area contributed by atoms with E-state index in [0.29, 0.717) is 5.57 Å². The third-order valence-corrected chi connectivity index (χ3v) is 5.61. The highest BCUT2D eigenvalue weighted by atomic mass is 79.9. The predicted molar refractivity (Wildman–Crippen MR) is 90.2 cm³/mol. The summed E-state index contributed by atoms with van der Waals surface area (Å²) in [6.07, 6.45) is 4.97. The highest BCUT2D eigenvalue weighted by molar-refractivity contribution is 9.10. The van der Waals surface area contributed by atoms with Gasteiger partial charge in [0.1, 0.15) is 4.83 Å². The number of Topliss-reactive ketones (excluding diaryl/α,β-unsaturated/α-hetero) is 1. The smallest absolute Gasteiger partial charge is 0.305 e. The molecule has 0 saturated carbocycles. The highest BCUT2D eigenvalue weighted by Crippen LogP contribution is 2.45. The molecule has 0 radical (unpaired) electrons. The van der Waals surface area contributed by atoms with Crippen LogP contribution in [0.4, 0.5) is 0 Å². The van der Waals surface area contributed by atoms with Crippen LogP contribution in [0.3, 0.4) is 0 Å². The van der Waals surface area contributed by atoms with E-state index in [1.807, 2.05) is 6.92 Å². The summed E-state index contributed by atoms with van der Waals surface area (Å²) >= 11 is 4.97. The maximum atomic E-state index is 12.6. The number of carbonyl (C=O) groups excluding carboxylic acids is 2. The van der Waals surface area contributed by atoms with E-state index in [2.05, 4.69) is 20.9 Å². The summed E-state index contributed by atoms with van der Waals surface area (Å²) in [5.41, 5.74) is 4.83. The molecule has 0 bridgehead atoms.